The molecule has 0 saturated heterocycles. The van der Waals surface area contributed by atoms with Crippen molar-refractivity contribution < 1.29 is 22.7 Å². The summed E-state index contributed by atoms with van der Waals surface area (Å²) in [6.07, 6.45) is 1.85. The zero-order valence-corrected chi connectivity index (χ0v) is 16.3. The monoisotopic (exact) mass is 400 g/mol. The second kappa shape index (κ2) is 9.58. The largest absolute Gasteiger partial charge is 0.497 e. The Kier molecular flexibility index (Phi) is 7.18. The number of carbonyl (C=O) groups is 1. The molecule has 0 aliphatic rings. The first kappa shape index (κ1) is 21.0. The molecule has 7 nitrogen and oxygen atoms in total. The summed E-state index contributed by atoms with van der Waals surface area (Å²) in [6.45, 7) is 2.25. The van der Waals surface area contributed by atoms with E-state index in [-0.39, 0.29) is 4.90 Å². The number of benzene rings is 2. The van der Waals surface area contributed by atoms with Gasteiger partial charge < -0.3 is 14.8 Å². The maximum Gasteiger partial charge on any atom is 0.338 e. The SMILES string of the molecule is CCCOC(=O)c1ccc(N/C=C(/C#N)S(=O)(=O)c2ccc(OC)cc2)cc1. The Morgan fingerprint density at radius 2 is 1.79 bits per heavy atom. The third-order valence-corrected chi connectivity index (χ3v) is 5.38. The fraction of sp³-hybridized carbons (Fsp3) is 0.200. The lowest BCUT2D eigenvalue weighted by atomic mass is 10.2. The number of anilines is 1. The van der Waals surface area contributed by atoms with E-state index >= 15 is 0 Å². The van der Waals surface area contributed by atoms with Gasteiger partial charge in [0.25, 0.3) is 0 Å². The quantitative estimate of drug-likeness (QED) is 0.534. The molecule has 2 aromatic carbocycles. The van der Waals surface area contributed by atoms with Gasteiger partial charge in [0.15, 0.2) is 4.91 Å². The van der Waals surface area contributed by atoms with Crippen molar-refractivity contribution in [2.24, 2.45) is 0 Å². The van der Waals surface area contributed by atoms with Crippen molar-refractivity contribution in [3.8, 4) is 11.8 Å². The zero-order valence-electron chi connectivity index (χ0n) is 15.5. The Morgan fingerprint density at radius 1 is 1.14 bits per heavy atom. The van der Waals surface area contributed by atoms with Crippen molar-refractivity contribution >= 4 is 21.5 Å². The van der Waals surface area contributed by atoms with Crippen LogP contribution in [0.5, 0.6) is 5.75 Å². The van der Waals surface area contributed by atoms with Gasteiger partial charge in [0.05, 0.1) is 24.2 Å². The van der Waals surface area contributed by atoms with Crippen LogP contribution < -0.4 is 10.1 Å². The normalized spacial score (nSPS) is 11.4. The molecule has 0 radical (unpaired) electrons. The van der Waals surface area contributed by atoms with E-state index in [2.05, 4.69) is 5.32 Å². The lowest BCUT2D eigenvalue weighted by Gasteiger charge is -2.07. The highest BCUT2D eigenvalue weighted by molar-refractivity contribution is 7.95. The molecule has 0 amide bonds. The Bertz CT molecular complexity index is 988. The van der Waals surface area contributed by atoms with Crippen molar-refractivity contribution in [1.82, 2.24) is 0 Å². The van der Waals surface area contributed by atoms with Gasteiger partial charge in [-0.15, -0.1) is 0 Å². The topological polar surface area (TPSA) is 105 Å². The Labute approximate surface area is 164 Å². The molecule has 2 aromatic rings. The first-order valence-electron chi connectivity index (χ1n) is 8.45. The summed E-state index contributed by atoms with van der Waals surface area (Å²) >= 11 is 0. The minimum Gasteiger partial charge on any atom is -0.497 e. The Hall–Kier alpha value is -3.31. The van der Waals surface area contributed by atoms with E-state index in [0.29, 0.717) is 23.6 Å². The number of hydrogen-bond acceptors (Lipinski definition) is 7. The van der Waals surface area contributed by atoms with E-state index in [1.807, 2.05) is 6.92 Å². The van der Waals surface area contributed by atoms with Gasteiger partial charge in [-0.05, 0) is 55.0 Å². The summed E-state index contributed by atoms with van der Waals surface area (Å²) in [5, 5.41) is 12.0. The molecular weight excluding hydrogens is 380 g/mol. The van der Waals surface area contributed by atoms with Crippen LogP contribution in [0, 0.1) is 11.3 Å². The summed E-state index contributed by atoms with van der Waals surface area (Å²) in [5.41, 5.74) is 0.902. The lowest BCUT2D eigenvalue weighted by molar-refractivity contribution is 0.0505. The summed E-state index contributed by atoms with van der Waals surface area (Å²) < 4.78 is 35.2. The van der Waals surface area contributed by atoms with Gasteiger partial charge in [-0.2, -0.15) is 5.26 Å². The second-order valence-corrected chi connectivity index (χ2v) is 7.58. The predicted molar refractivity (Wildman–Crippen MR) is 105 cm³/mol. The van der Waals surface area contributed by atoms with Crippen LogP contribution in [0.15, 0.2) is 64.5 Å². The number of allylic oxidation sites excluding steroid dienone is 1. The third kappa shape index (κ3) is 5.11. The van der Waals surface area contributed by atoms with Gasteiger partial charge in [-0.1, -0.05) is 6.92 Å². The fourth-order valence-electron chi connectivity index (χ4n) is 2.18. The zero-order chi connectivity index (χ0) is 20.6. The van der Waals surface area contributed by atoms with Crippen LogP contribution in [0.2, 0.25) is 0 Å². The van der Waals surface area contributed by atoms with Crippen molar-refractivity contribution in [3.05, 3.63) is 65.2 Å². The maximum atomic E-state index is 12.6. The summed E-state index contributed by atoms with van der Waals surface area (Å²) in [7, 11) is -2.50. The number of ether oxygens (including phenoxy) is 2. The van der Waals surface area contributed by atoms with E-state index in [1.54, 1.807) is 30.3 Å². The summed E-state index contributed by atoms with van der Waals surface area (Å²) in [4.78, 5) is 11.3. The van der Waals surface area contributed by atoms with Crippen LogP contribution in [0.3, 0.4) is 0 Å². The molecule has 0 aliphatic carbocycles. The number of nitrogens with zero attached hydrogens (tertiary/aromatic N) is 1. The second-order valence-electron chi connectivity index (χ2n) is 5.66. The third-order valence-electron chi connectivity index (χ3n) is 3.70. The molecule has 0 aliphatic heterocycles. The number of methoxy groups -OCH3 is 1. The van der Waals surface area contributed by atoms with E-state index in [1.165, 1.54) is 31.4 Å². The number of nitriles is 1. The summed E-state index contributed by atoms with van der Waals surface area (Å²) in [5.74, 6) is 0.0841. The van der Waals surface area contributed by atoms with Crippen molar-refractivity contribution in [1.29, 1.82) is 5.26 Å². The van der Waals surface area contributed by atoms with E-state index < -0.39 is 20.7 Å². The number of nitrogens with one attached hydrogen (secondary N) is 1. The smallest absolute Gasteiger partial charge is 0.338 e. The van der Waals surface area contributed by atoms with Crippen LogP contribution in [-0.2, 0) is 14.6 Å². The molecule has 0 fully saturated rings. The lowest BCUT2D eigenvalue weighted by Crippen LogP contribution is -2.07. The molecule has 0 aromatic heterocycles. The van der Waals surface area contributed by atoms with Crippen molar-refractivity contribution in [2.75, 3.05) is 19.0 Å². The molecule has 0 spiro atoms. The molecule has 0 atom stereocenters. The number of carbonyl (C=O) groups excluding carboxylic acids is 1. The van der Waals surface area contributed by atoms with Gasteiger partial charge in [0.1, 0.15) is 11.8 Å². The summed E-state index contributed by atoms with van der Waals surface area (Å²) in [6, 6.07) is 13.7. The highest BCUT2D eigenvalue weighted by Gasteiger charge is 2.20. The van der Waals surface area contributed by atoms with E-state index in [9.17, 15) is 18.5 Å². The maximum absolute atomic E-state index is 12.6. The molecular formula is C20H20N2O5S. The number of sulfone groups is 1. The standard InChI is InChI=1S/C20H20N2O5S/c1-3-12-27-20(23)15-4-6-16(7-5-15)22-14-19(13-21)28(24,25)18-10-8-17(26-2)9-11-18/h4-11,14,22H,3,12H2,1-2H3/b19-14-. The van der Waals surface area contributed by atoms with Gasteiger partial charge in [0.2, 0.25) is 9.84 Å². The van der Waals surface area contributed by atoms with Crippen molar-refractivity contribution in [3.63, 3.8) is 0 Å². The van der Waals surface area contributed by atoms with Crippen LogP contribution in [0.25, 0.3) is 0 Å². The minimum absolute atomic E-state index is 0.0167. The highest BCUT2D eigenvalue weighted by atomic mass is 32.2. The Balaban J connectivity index is 2.16. The Morgan fingerprint density at radius 3 is 2.32 bits per heavy atom. The number of esters is 1. The molecule has 8 heteroatoms. The van der Waals surface area contributed by atoms with Crippen molar-refractivity contribution in [2.45, 2.75) is 18.2 Å². The molecule has 0 unspecified atom stereocenters. The van der Waals surface area contributed by atoms with Gasteiger partial charge in [-0.25, -0.2) is 13.2 Å². The molecule has 0 bridgehead atoms. The minimum atomic E-state index is -3.97. The van der Waals surface area contributed by atoms with Gasteiger partial charge >= 0.3 is 5.97 Å². The van der Waals surface area contributed by atoms with Crippen LogP contribution in [-0.4, -0.2) is 28.1 Å². The van der Waals surface area contributed by atoms with Gasteiger partial charge in [0, 0.05) is 11.9 Å². The van der Waals surface area contributed by atoms with Crippen LogP contribution in [0.1, 0.15) is 23.7 Å². The molecule has 2 rings (SSSR count). The van der Waals surface area contributed by atoms with Gasteiger partial charge in [-0.3, -0.25) is 0 Å². The molecule has 1 N–H and O–H groups in total. The first-order chi connectivity index (χ1) is 13.4. The average Bonchev–Trinajstić information content (AvgIpc) is 2.72. The van der Waals surface area contributed by atoms with Crippen LogP contribution >= 0.6 is 0 Å². The average molecular weight is 400 g/mol. The molecule has 146 valence electrons. The molecule has 0 saturated carbocycles. The number of rotatable bonds is 8. The first-order valence-corrected chi connectivity index (χ1v) is 9.93. The highest BCUT2D eigenvalue weighted by Crippen LogP contribution is 2.22. The molecule has 0 heterocycles. The predicted octanol–water partition coefficient (Wildman–Crippen LogP) is 3.51. The number of hydrogen-bond donors (Lipinski definition) is 1. The van der Waals surface area contributed by atoms with Crippen LogP contribution in [0.4, 0.5) is 5.69 Å². The van der Waals surface area contributed by atoms with E-state index in [0.717, 1.165) is 12.6 Å². The fourth-order valence-corrected chi connectivity index (χ4v) is 3.26. The molecule has 28 heavy (non-hydrogen) atoms. The van der Waals surface area contributed by atoms with E-state index in [4.69, 9.17) is 9.47 Å².